The molecule has 0 spiro atoms. The number of aryl methyl sites for hydroxylation is 1. The molecule has 9 heteroatoms. The summed E-state index contributed by atoms with van der Waals surface area (Å²) in [4.78, 5) is 12.2. The average Bonchev–Trinajstić information content (AvgIpc) is 2.56. The quantitative estimate of drug-likeness (QED) is 0.564. The van der Waals surface area contributed by atoms with Crippen LogP contribution >= 0.6 is 23.2 Å². The molecule has 2 aromatic rings. The van der Waals surface area contributed by atoms with Crippen LogP contribution in [0.1, 0.15) is 18.1 Å². The Morgan fingerprint density at radius 2 is 1.67 bits per heavy atom. The van der Waals surface area contributed by atoms with Gasteiger partial charge in [0.15, 0.2) is 0 Å². The molecule has 0 heterocycles. The zero-order valence-corrected chi connectivity index (χ0v) is 17.4. The van der Waals surface area contributed by atoms with E-state index in [1.54, 1.807) is 6.92 Å². The molecule has 0 radical (unpaired) electrons. The van der Waals surface area contributed by atoms with E-state index in [4.69, 9.17) is 23.2 Å². The largest absolute Gasteiger partial charge is 0.271 e. The number of sulfonamides is 1. The van der Waals surface area contributed by atoms with Crippen molar-refractivity contribution in [2.75, 3.05) is 17.1 Å². The van der Waals surface area contributed by atoms with Crippen molar-refractivity contribution in [2.45, 2.75) is 13.8 Å². The Hall–Kier alpha value is -2.09. The summed E-state index contributed by atoms with van der Waals surface area (Å²) in [6.07, 6.45) is 0.996. The minimum Gasteiger partial charge on any atom is -0.271 e. The first-order valence-electron chi connectivity index (χ1n) is 7.90. The van der Waals surface area contributed by atoms with Crippen molar-refractivity contribution in [1.29, 1.82) is 0 Å². The number of hydrazone groups is 1. The minimum absolute atomic E-state index is 0.199. The molecule has 6 nitrogen and oxygen atoms in total. The van der Waals surface area contributed by atoms with Crippen molar-refractivity contribution in [2.24, 2.45) is 5.10 Å². The summed E-state index contributed by atoms with van der Waals surface area (Å²) in [7, 11) is -3.74. The van der Waals surface area contributed by atoms with Crippen molar-refractivity contribution >= 4 is 50.5 Å². The molecule has 0 aliphatic carbocycles. The first kappa shape index (κ1) is 21.2. The van der Waals surface area contributed by atoms with Gasteiger partial charge in [-0.1, -0.05) is 53.0 Å². The monoisotopic (exact) mass is 427 g/mol. The molecule has 0 aliphatic rings. The lowest BCUT2D eigenvalue weighted by Crippen LogP contribution is -2.39. The first-order valence-corrected chi connectivity index (χ1v) is 10.5. The van der Waals surface area contributed by atoms with E-state index < -0.39 is 22.5 Å². The molecule has 27 heavy (non-hydrogen) atoms. The molecule has 1 amide bonds. The number of nitrogens with zero attached hydrogens (tertiary/aromatic N) is 2. The molecular weight excluding hydrogens is 409 g/mol. The molecular formula is C18H19Cl2N3O3S. The minimum atomic E-state index is -3.74. The number of anilines is 1. The van der Waals surface area contributed by atoms with Crippen LogP contribution < -0.4 is 9.73 Å². The summed E-state index contributed by atoms with van der Waals surface area (Å²) in [5, 5.41) is 4.56. The van der Waals surface area contributed by atoms with Crippen LogP contribution in [0.4, 0.5) is 5.69 Å². The number of hydrogen-bond acceptors (Lipinski definition) is 4. The van der Waals surface area contributed by atoms with E-state index in [0.29, 0.717) is 5.71 Å². The van der Waals surface area contributed by atoms with Gasteiger partial charge in [-0.15, -0.1) is 0 Å². The van der Waals surface area contributed by atoms with E-state index in [1.165, 1.54) is 18.2 Å². The van der Waals surface area contributed by atoms with E-state index in [0.717, 1.165) is 21.7 Å². The van der Waals surface area contributed by atoms with Crippen LogP contribution in [0.2, 0.25) is 10.0 Å². The fraction of sp³-hybridized carbons (Fsp3) is 0.222. The Morgan fingerprint density at radius 1 is 1.11 bits per heavy atom. The summed E-state index contributed by atoms with van der Waals surface area (Å²) in [5.74, 6) is -0.594. The molecule has 2 aromatic carbocycles. The van der Waals surface area contributed by atoms with Crippen LogP contribution in [-0.4, -0.2) is 32.8 Å². The highest BCUT2D eigenvalue weighted by Crippen LogP contribution is 2.26. The first-order chi connectivity index (χ1) is 12.6. The lowest BCUT2D eigenvalue weighted by Gasteiger charge is -2.21. The highest BCUT2D eigenvalue weighted by Gasteiger charge is 2.21. The molecule has 1 N–H and O–H groups in total. The number of hydrogen-bond donors (Lipinski definition) is 1. The van der Waals surface area contributed by atoms with Gasteiger partial charge in [-0.25, -0.2) is 13.8 Å². The summed E-state index contributed by atoms with van der Waals surface area (Å²) in [5.41, 5.74) is 5.13. The predicted octanol–water partition coefficient (Wildman–Crippen LogP) is 3.61. The van der Waals surface area contributed by atoms with E-state index in [9.17, 15) is 13.2 Å². The zero-order chi connectivity index (χ0) is 20.2. The molecule has 0 aliphatic heterocycles. The summed E-state index contributed by atoms with van der Waals surface area (Å²) < 4.78 is 25.1. The third-order valence-corrected chi connectivity index (χ3v) is 5.22. The van der Waals surface area contributed by atoms with Crippen LogP contribution in [0.5, 0.6) is 0 Å². The average molecular weight is 428 g/mol. The number of benzene rings is 2. The second kappa shape index (κ2) is 8.73. The van der Waals surface area contributed by atoms with Gasteiger partial charge in [-0.2, -0.15) is 5.10 Å². The van der Waals surface area contributed by atoms with Gasteiger partial charge in [-0.05, 0) is 37.6 Å². The Labute approximate surface area is 168 Å². The second-order valence-corrected chi connectivity index (χ2v) is 8.78. The Balaban J connectivity index is 2.17. The Kier molecular flexibility index (Phi) is 6.86. The van der Waals surface area contributed by atoms with Crippen molar-refractivity contribution in [3.05, 3.63) is 63.6 Å². The number of carbonyl (C=O) groups excluding carboxylic acids is 1. The maximum Gasteiger partial charge on any atom is 0.260 e. The zero-order valence-electron chi connectivity index (χ0n) is 15.0. The molecule has 144 valence electrons. The van der Waals surface area contributed by atoms with E-state index >= 15 is 0 Å². The predicted molar refractivity (Wildman–Crippen MR) is 110 cm³/mol. The van der Waals surface area contributed by atoms with Gasteiger partial charge in [-0.3, -0.25) is 9.10 Å². The highest BCUT2D eigenvalue weighted by atomic mass is 35.5. The van der Waals surface area contributed by atoms with Gasteiger partial charge in [0.05, 0.1) is 17.7 Å². The number of amides is 1. The number of carbonyl (C=O) groups is 1. The summed E-state index contributed by atoms with van der Waals surface area (Å²) in [6.45, 7) is 3.26. The van der Waals surface area contributed by atoms with Crippen molar-refractivity contribution in [1.82, 2.24) is 5.43 Å². The van der Waals surface area contributed by atoms with Crippen LogP contribution in [0.15, 0.2) is 47.6 Å². The van der Waals surface area contributed by atoms with Crippen molar-refractivity contribution in [3.63, 3.8) is 0 Å². The number of rotatable bonds is 6. The van der Waals surface area contributed by atoms with Crippen LogP contribution in [0.3, 0.4) is 0 Å². The maximum absolute atomic E-state index is 12.2. The third-order valence-electron chi connectivity index (χ3n) is 3.64. The van der Waals surface area contributed by atoms with Crippen LogP contribution in [-0.2, 0) is 14.8 Å². The van der Waals surface area contributed by atoms with E-state index in [1.807, 2.05) is 31.2 Å². The molecule has 2 rings (SSSR count). The summed E-state index contributed by atoms with van der Waals surface area (Å²) >= 11 is 11.9. The SMILES string of the molecule is C/C(=N/NC(=O)CN(c1cc(Cl)cc(Cl)c1)S(C)(=O)=O)c1ccc(C)cc1. The Bertz CT molecular complexity index is 954. The fourth-order valence-electron chi connectivity index (χ4n) is 2.25. The number of nitrogens with one attached hydrogen (secondary N) is 1. The third kappa shape index (κ3) is 6.23. The highest BCUT2D eigenvalue weighted by molar-refractivity contribution is 7.92. The van der Waals surface area contributed by atoms with Crippen molar-refractivity contribution < 1.29 is 13.2 Å². The van der Waals surface area contributed by atoms with Gasteiger partial charge < -0.3 is 0 Å². The number of halogens is 2. The fourth-order valence-corrected chi connectivity index (χ4v) is 3.61. The topological polar surface area (TPSA) is 78.8 Å². The molecule has 0 saturated heterocycles. The Morgan fingerprint density at radius 3 is 2.19 bits per heavy atom. The maximum atomic E-state index is 12.2. The second-order valence-electron chi connectivity index (χ2n) is 6.00. The normalized spacial score (nSPS) is 12.0. The molecule has 0 saturated carbocycles. The van der Waals surface area contributed by atoms with Crippen LogP contribution in [0.25, 0.3) is 0 Å². The van der Waals surface area contributed by atoms with E-state index in [2.05, 4.69) is 10.5 Å². The van der Waals surface area contributed by atoms with Gasteiger partial charge in [0.2, 0.25) is 10.0 Å². The van der Waals surface area contributed by atoms with Gasteiger partial charge in [0.25, 0.3) is 5.91 Å². The molecule has 0 bridgehead atoms. The smallest absolute Gasteiger partial charge is 0.260 e. The molecule has 0 unspecified atom stereocenters. The molecule has 0 aromatic heterocycles. The molecule has 0 fully saturated rings. The van der Waals surface area contributed by atoms with Gasteiger partial charge in [0.1, 0.15) is 6.54 Å². The standard InChI is InChI=1S/C18H19Cl2N3O3S/c1-12-4-6-14(7-5-12)13(2)21-22-18(24)11-23(27(3,25)26)17-9-15(19)8-16(20)10-17/h4-10H,11H2,1-3H3,(H,22,24)/b21-13-. The van der Waals surface area contributed by atoms with Crippen molar-refractivity contribution in [3.8, 4) is 0 Å². The van der Waals surface area contributed by atoms with E-state index in [-0.39, 0.29) is 15.7 Å². The van der Waals surface area contributed by atoms with Gasteiger partial charge in [0, 0.05) is 10.0 Å². The van der Waals surface area contributed by atoms with Crippen LogP contribution in [0, 0.1) is 6.92 Å². The molecule has 0 atom stereocenters. The lowest BCUT2D eigenvalue weighted by molar-refractivity contribution is -0.119. The lowest BCUT2D eigenvalue weighted by atomic mass is 10.1. The summed E-state index contributed by atoms with van der Waals surface area (Å²) in [6, 6.07) is 12.0. The van der Waals surface area contributed by atoms with Gasteiger partial charge >= 0.3 is 0 Å².